The topological polar surface area (TPSA) is 128 Å². The number of ketones is 1. The van der Waals surface area contributed by atoms with E-state index in [1.807, 2.05) is 6.92 Å². The first-order chi connectivity index (χ1) is 16.7. The van der Waals surface area contributed by atoms with E-state index in [4.69, 9.17) is 14.2 Å². The Labute approximate surface area is 202 Å². The molecule has 1 unspecified atom stereocenters. The number of fused-ring (bicyclic) bond motifs is 1. The van der Waals surface area contributed by atoms with Gasteiger partial charge < -0.3 is 19.5 Å². The van der Waals surface area contributed by atoms with Crippen LogP contribution in [-0.2, 0) is 19.1 Å². The molecular weight excluding hydrogens is 456 g/mol. The Morgan fingerprint density at radius 3 is 2.17 bits per heavy atom. The number of anilines is 2. The van der Waals surface area contributed by atoms with E-state index in [0.717, 1.165) is 0 Å². The van der Waals surface area contributed by atoms with E-state index < -0.39 is 29.9 Å². The van der Waals surface area contributed by atoms with Crippen LogP contribution in [0.25, 0.3) is 0 Å². The second-order valence-electron chi connectivity index (χ2n) is 7.87. The fourth-order valence-electron chi connectivity index (χ4n) is 3.63. The number of ether oxygens (including phenoxy) is 3. The van der Waals surface area contributed by atoms with Crippen LogP contribution in [0.1, 0.15) is 57.8 Å². The van der Waals surface area contributed by atoms with E-state index in [1.54, 1.807) is 19.1 Å². The van der Waals surface area contributed by atoms with Crippen LogP contribution in [0.2, 0.25) is 0 Å². The summed E-state index contributed by atoms with van der Waals surface area (Å²) < 4.78 is 15.0. The van der Waals surface area contributed by atoms with Gasteiger partial charge in [-0.1, -0.05) is 6.92 Å². The molecule has 1 atom stereocenters. The van der Waals surface area contributed by atoms with Crippen molar-refractivity contribution in [3.05, 3.63) is 53.1 Å². The van der Waals surface area contributed by atoms with Crippen LogP contribution in [0.4, 0.5) is 11.4 Å². The lowest BCUT2D eigenvalue weighted by molar-refractivity contribution is -0.127. The highest BCUT2D eigenvalue weighted by molar-refractivity contribution is 6.08. The molecule has 2 aromatic carbocycles. The van der Waals surface area contributed by atoms with Gasteiger partial charge in [-0.25, -0.2) is 9.59 Å². The third-order valence-electron chi connectivity index (χ3n) is 5.33. The van der Waals surface area contributed by atoms with Gasteiger partial charge in [0.05, 0.1) is 31.0 Å². The second kappa shape index (κ2) is 10.8. The highest BCUT2D eigenvalue weighted by Crippen LogP contribution is 2.35. The van der Waals surface area contributed by atoms with Crippen LogP contribution < -0.4 is 15.0 Å². The highest BCUT2D eigenvalue weighted by Gasteiger charge is 2.33. The van der Waals surface area contributed by atoms with E-state index in [9.17, 15) is 24.0 Å². The van der Waals surface area contributed by atoms with Gasteiger partial charge in [-0.05, 0) is 49.7 Å². The number of nitrogens with zero attached hydrogens (tertiary/aromatic N) is 1. The van der Waals surface area contributed by atoms with Crippen molar-refractivity contribution in [1.82, 2.24) is 0 Å². The summed E-state index contributed by atoms with van der Waals surface area (Å²) in [6, 6.07) is 8.74. The van der Waals surface area contributed by atoms with Crippen LogP contribution in [-0.4, -0.2) is 56.4 Å². The van der Waals surface area contributed by atoms with Crippen LogP contribution in [0, 0.1) is 0 Å². The van der Waals surface area contributed by atoms with Gasteiger partial charge in [0.15, 0.2) is 11.9 Å². The van der Waals surface area contributed by atoms with Gasteiger partial charge in [-0.2, -0.15) is 0 Å². The molecule has 1 N–H and O–H groups in total. The van der Waals surface area contributed by atoms with Crippen LogP contribution in [0.15, 0.2) is 36.4 Å². The van der Waals surface area contributed by atoms with Crippen LogP contribution in [0.3, 0.4) is 0 Å². The molecule has 0 fully saturated rings. The minimum atomic E-state index is -0.832. The summed E-state index contributed by atoms with van der Waals surface area (Å²) in [5.74, 6) is -2.17. The van der Waals surface area contributed by atoms with Crippen molar-refractivity contribution in [3.8, 4) is 5.75 Å². The van der Waals surface area contributed by atoms with Gasteiger partial charge in [-0.3, -0.25) is 19.3 Å². The van der Waals surface area contributed by atoms with Gasteiger partial charge in [-0.15, -0.1) is 0 Å². The fraction of sp³-hybridized carbons (Fsp3) is 0.320. The molecule has 0 saturated heterocycles. The van der Waals surface area contributed by atoms with Crippen molar-refractivity contribution in [2.75, 3.05) is 31.0 Å². The predicted octanol–water partition coefficient (Wildman–Crippen LogP) is 3.00. The Kier molecular flexibility index (Phi) is 7.85. The Balaban J connectivity index is 1.89. The summed E-state index contributed by atoms with van der Waals surface area (Å²) in [5, 5.41) is 2.60. The monoisotopic (exact) mass is 482 g/mol. The molecule has 184 valence electrons. The Hall–Kier alpha value is -4.21. The lowest BCUT2D eigenvalue weighted by Gasteiger charge is -2.32. The van der Waals surface area contributed by atoms with Gasteiger partial charge in [0.2, 0.25) is 5.91 Å². The van der Waals surface area contributed by atoms with Crippen LogP contribution in [0.5, 0.6) is 5.75 Å². The van der Waals surface area contributed by atoms with Crippen LogP contribution >= 0.6 is 0 Å². The zero-order chi connectivity index (χ0) is 25.7. The largest absolute Gasteiger partial charge is 0.479 e. The number of amides is 2. The SMILES string of the molecule is CCCC(=O)c1ccc2c(c1)N(CC(=O)Nc1cc(C(=O)OC)cc(C(=O)OC)c1)C(=O)C(C)O2. The average Bonchev–Trinajstić information content (AvgIpc) is 2.85. The number of methoxy groups -OCH3 is 2. The van der Waals surface area contributed by atoms with E-state index in [-0.39, 0.29) is 29.1 Å². The maximum Gasteiger partial charge on any atom is 0.337 e. The number of esters is 2. The minimum absolute atomic E-state index is 0.0335. The quantitative estimate of drug-likeness (QED) is 0.449. The molecule has 1 heterocycles. The lowest BCUT2D eigenvalue weighted by Crippen LogP contribution is -2.47. The fourth-order valence-corrected chi connectivity index (χ4v) is 3.63. The second-order valence-corrected chi connectivity index (χ2v) is 7.87. The van der Waals surface area contributed by atoms with Gasteiger partial charge in [0, 0.05) is 17.7 Å². The Morgan fingerprint density at radius 1 is 0.971 bits per heavy atom. The first-order valence-electron chi connectivity index (χ1n) is 10.9. The third-order valence-corrected chi connectivity index (χ3v) is 5.33. The molecule has 2 aromatic rings. The maximum atomic E-state index is 12.9. The maximum absolute atomic E-state index is 12.9. The molecule has 1 aliphatic heterocycles. The van der Waals surface area contributed by atoms with Gasteiger partial charge >= 0.3 is 11.9 Å². The Morgan fingerprint density at radius 2 is 1.60 bits per heavy atom. The Bertz CT molecular complexity index is 1160. The summed E-state index contributed by atoms with van der Waals surface area (Å²) in [6.07, 6.45) is 0.192. The number of carbonyl (C=O) groups excluding carboxylic acids is 5. The summed E-state index contributed by atoms with van der Waals surface area (Å²) in [5.41, 5.74) is 0.927. The third kappa shape index (κ3) is 5.65. The number of Topliss-reactive ketones (excluding diaryl/α,β-unsaturated/α-hetero) is 1. The molecule has 0 bridgehead atoms. The summed E-state index contributed by atoms with van der Waals surface area (Å²) in [6.45, 7) is 3.07. The first-order valence-corrected chi connectivity index (χ1v) is 10.9. The summed E-state index contributed by atoms with van der Waals surface area (Å²) in [7, 11) is 2.38. The van der Waals surface area contributed by atoms with E-state index >= 15 is 0 Å². The highest BCUT2D eigenvalue weighted by atomic mass is 16.5. The molecule has 1 aliphatic rings. The molecule has 0 saturated carbocycles. The molecule has 0 radical (unpaired) electrons. The lowest BCUT2D eigenvalue weighted by atomic mass is 10.0. The van der Waals surface area contributed by atoms with Gasteiger partial charge in [0.1, 0.15) is 12.3 Å². The average molecular weight is 482 g/mol. The molecular formula is C25H26N2O8. The number of benzene rings is 2. The number of nitrogens with one attached hydrogen (secondary N) is 1. The number of carbonyl (C=O) groups is 5. The van der Waals surface area contributed by atoms with Crippen molar-refractivity contribution in [1.29, 1.82) is 0 Å². The van der Waals surface area contributed by atoms with Crippen molar-refractivity contribution < 1.29 is 38.2 Å². The normalized spacial score (nSPS) is 14.5. The molecule has 35 heavy (non-hydrogen) atoms. The molecule has 0 aromatic heterocycles. The molecule has 3 rings (SSSR count). The zero-order valence-electron chi connectivity index (χ0n) is 19.9. The minimum Gasteiger partial charge on any atom is -0.479 e. The van der Waals surface area contributed by atoms with E-state index in [1.165, 1.54) is 43.4 Å². The number of hydrogen-bond acceptors (Lipinski definition) is 8. The molecule has 0 aliphatic carbocycles. The molecule has 2 amide bonds. The standard InChI is InChI=1S/C25H26N2O8/c1-5-6-20(28)15-7-8-21-19(12-15)27(23(30)14(2)35-21)13-22(29)26-18-10-16(24(31)33-3)9-17(11-18)25(32)34-4/h7-12,14H,5-6,13H2,1-4H3,(H,26,29). The molecule has 10 heteroatoms. The smallest absolute Gasteiger partial charge is 0.337 e. The van der Waals surface area contributed by atoms with Crippen molar-refractivity contribution >= 4 is 40.9 Å². The predicted molar refractivity (Wildman–Crippen MR) is 126 cm³/mol. The summed E-state index contributed by atoms with van der Waals surface area (Å²) in [4.78, 5) is 63.4. The zero-order valence-corrected chi connectivity index (χ0v) is 19.9. The number of rotatable bonds is 8. The first kappa shape index (κ1) is 25.4. The van der Waals surface area contributed by atoms with E-state index in [2.05, 4.69) is 5.32 Å². The molecule has 10 nitrogen and oxygen atoms in total. The van der Waals surface area contributed by atoms with Crippen molar-refractivity contribution in [2.24, 2.45) is 0 Å². The summed E-state index contributed by atoms with van der Waals surface area (Å²) >= 11 is 0. The van der Waals surface area contributed by atoms with Crippen molar-refractivity contribution in [3.63, 3.8) is 0 Å². The number of hydrogen-bond donors (Lipinski definition) is 1. The van der Waals surface area contributed by atoms with Gasteiger partial charge in [0.25, 0.3) is 5.91 Å². The van der Waals surface area contributed by atoms with E-state index in [0.29, 0.717) is 29.8 Å². The van der Waals surface area contributed by atoms with Crippen molar-refractivity contribution in [2.45, 2.75) is 32.8 Å². The molecule has 0 spiro atoms.